The number of aryl methyl sites for hydroxylation is 2. The Bertz CT molecular complexity index is 828. The minimum atomic E-state index is -4.45. The van der Waals surface area contributed by atoms with E-state index in [0.717, 1.165) is 12.1 Å². The molecule has 2 aromatic rings. The van der Waals surface area contributed by atoms with Crippen molar-refractivity contribution in [1.82, 2.24) is 16.2 Å². The number of nitrogens with one attached hydrogen (secondary N) is 3. The number of halogens is 3. The average molecular weight is 369 g/mol. The first kappa shape index (κ1) is 19.4. The van der Waals surface area contributed by atoms with Gasteiger partial charge in [0, 0.05) is 12.1 Å². The van der Waals surface area contributed by atoms with Crippen molar-refractivity contribution in [2.24, 2.45) is 0 Å². The SMILES string of the molecule is Cc1oc(C)c(C(=O)NNC(=O)NCc2cccc(C(F)(F)F)c2)c1C. The van der Waals surface area contributed by atoms with E-state index in [0.29, 0.717) is 22.6 Å². The van der Waals surface area contributed by atoms with Gasteiger partial charge >= 0.3 is 12.2 Å². The molecule has 0 spiro atoms. The fourth-order valence-electron chi connectivity index (χ4n) is 2.39. The Balaban J connectivity index is 1.89. The molecule has 0 atom stereocenters. The van der Waals surface area contributed by atoms with E-state index in [1.807, 2.05) is 0 Å². The number of benzene rings is 1. The Kier molecular flexibility index (Phi) is 5.59. The molecule has 0 radical (unpaired) electrons. The Morgan fingerprint density at radius 1 is 1.08 bits per heavy atom. The van der Waals surface area contributed by atoms with Gasteiger partial charge in [0.05, 0.1) is 11.1 Å². The summed E-state index contributed by atoms with van der Waals surface area (Å²) in [5, 5.41) is 2.36. The lowest BCUT2D eigenvalue weighted by Gasteiger charge is -2.11. The van der Waals surface area contributed by atoms with Gasteiger partial charge in [0.2, 0.25) is 0 Å². The number of alkyl halides is 3. The maximum Gasteiger partial charge on any atom is 0.416 e. The number of carbonyl (C=O) groups is 2. The molecule has 1 aromatic heterocycles. The van der Waals surface area contributed by atoms with E-state index >= 15 is 0 Å². The van der Waals surface area contributed by atoms with Crippen LogP contribution in [0.15, 0.2) is 28.7 Å². The Morgan fingerprint density at radius 2 is 1.77 bits per heavy atom. The summed E-state index contributed by atoms with van der Waals surface area (Å²) in [6.45, 7) is 4.93. The molecule has 0 aliphatic carbocycles. The van der Waals surface area contributed by atoms with Crippen LogP contribution in [0.3, 0.4) is 0 Å². The standard InChI is InChI=1S/C17H18F3N3O3/c1-9-10(2)26-11(3)14(9)15(24)22-23-16(25)21-8-12-5-4-6-13(7-12)17(18,19)20/h4-7H,8H2,1-3H3,(H,22,24)(H2,21,23,25). The molecule has 2 rings (SSSR count). The van der Waals surface area contributed by atoms with E-state index in [1.165, 1.54) is 12.1 Å². The monoisotopic (exact) mass is 369 g/mol. The summed E-state index contributed by atoms with van der Waals surface area (Å²) in [7, 11) is 0. The van der Waals surface area contributed by atoms with Gasteiger partial charge in [-0.3, -0.25) is 10.2 Å². The zero-order valence-electron chi connectivity index (χ0n) is 14.4. The minimum absolute atomic E-state index is 0.130. The largest absolute Gasteiger partial charge is 0.466 e. The van der Waals surface area contributed by atoms with Gasteiger partial charge in [-0.15, -0.1) is 0 Å². The van der Waals surface area contributed by atoms with E-state index in [4.69, 9.17) is 4.42 Å². The molecule has 0 saturated heterocycles. The van der Waals surface area contributed by atoms with Crippen LogP contribution >= 0.6 is 0 Å². The third-order valence-corrected chi connectivity index (χ3v) is 3.79. The molecule has 0 fully saturated rings. The molecule has 0 saturated carbocycles. The topological polar surface area (TPSA) is 83.4 Å². The van der Waals surface area contributed by atoms with Gasteiger partial charge < -0.3 is 9.73 Å². The van der Waals surface area contributed by atoms with Crippen LogP contribution in [0.5, 0.6) is 0 Å². The lowest BCUT2D eigenvalue weighted by Crippen LogP contribution is -2.46. The fraction of sp³-hybridized carbons (Fsp3) is 0.294. The third kappa shape index (κ3) is 4.56. The number of hydrogen-bond donors (Lipinski definition) is 3. The van der Waals surface area contributed by atoms with E-state index in [2.05, 4.69) is 16.2 Å². The van der Waals surface area contributed by atoms with Crippen LogP contribution in [0.25, 0.3) is 0 Å². The van der Waals surface area contributed by atoms with Crippen molar-refractivity contribution in [3.05, 3.63) is 58.0 Å². The lowest BCUT2D eigenvalue weighted by atomic mass is 10.1. The minimum Gasteiger partial charge on any atom is -0.466 e. The number of hydrogen-bond acceptors (Lipinski definition) is 3. The molecule has 0 bridgehead atoms. The highest BCUT2D eigenvalue weighted by Gasteiger charge is 2.30. The quantitative estimate of drug-likeness (QED) is 0.726. The smallest absolute Gasteiger partial charge is 0.416 e. The second kappa shape index (κ2) is 7.51. The maximum atomic E-state index is 12.6. The Labute approximate surface area is 147 Å². The van der Waals surface area contributed by atoms with E-state index in [9.17, 15) is 22.8 Å². The van der Waals surface area contributed by atoms with E-state index in [1.54, 1.807) is 20.8 Å². The van der Waals surface area contributed by atoms with Crippen LogP contribution < -0.4 is 16.2 Å². The Morgan fingerprint density at radius 3 is 2.35 bits per heavy atom. The van der Waals surface area contributed by atoms with Gasteiger partial charge in [-0.25, -0.2) is 10.2 Å². The van der Waals surface area contributed by atoms with Crippen LogP contribution in [-0.4, -0.2) is 11.9 Å². The molecule has 9 heteroatoms. The predicted molar refractivity (Wildman–Crippen MR) is 87.2 cm³/mol. The highest BCUT2D eigenvalue weighted by Crippen LogP contribution is 2.29. The molecular formula is C17H18F3N3O3. The summed E-state index contributed by atoms with van der Waals surface area (Å²) < 4.78 is 43.3. The van der Waals surface area contributed by atoms with Crippen LogP contribution in [0.1, 0.15) is 38.6 Å². The van der Waals surface area contributed by atoms with E-state index < -0.39 is 23.7 Å². The van der Waals surface area contributed by atoms with E-state index in [-0.39, 0.29) is 12.1 Å². The Hall–Kier alpha value is -2.97. The fourth-order valence-corrected chi connectivity index (χ4v) is 2.39. The van der Waals surface area contributed by atoms with Gasteiger partial charge in [0.25, 0.3) is 5.91 Å². The normalized spacial score (nSPS) is 11.2. The summed E-state index contributed by atoms with van der Waals surface area (Å²) in [5.74, 6) is 0.469. The van der Waals surface area contributed by atoms with Gasteiger partial charge in [0.1, 0.15) is 11.5 Å². The highest BCUT2D eigenvalue weighted by atomic mass is 19.4. The number of furan rings is 1. The molecule has 3 amide bonds. The first-order valence-electron chi connectivity index (χ1n) is 7.66. The van der Waals surface area contributed by atoms with Crippen molar-refractivity contribution in [3.8, 4) is 0 Å². The maximum absolute atomic E-state index is 12.6. The summed E-state index contributed by atoms with van der Waals surface area (Å²) in [6, 6.07) is 3.84. The molecule has 3 N–H and O–H groups in total. The van der Waals surface area contributed by atoms with Crippen molar-refractivity contribution < 1.29 is 27.2 Å². The van der Waals surface area contributed by atoms with Gasteiger partial charge in [-0.1, -0.05) is 12.1 Å². The van der Waals surface area contributed by atoms with Gasteiger partial charge in [0.15, 0.2) is 0 Å². The van der Waals surface area contributed by atoms with Crippen molar-refractivity contribution in [1.29, 1.82) is 0 Å². The molecule has 0 aliphatic heterocycles. The molecule has 140 valence electrons. The summed E-state index contributed by atoms with van der Waals surface area (Å²) in [4.78, 5) is 23.8. The molecular weight excluding hydrogens is 351 g/mol. The van der Waals surface area contributed by atoms with Crippen molar-refractivity contribution in [3.63, 3.8) is 0 Å². The number of carbonyl (C=O) groups excluding carboxylic acids is 2. The molecule has 26 heavy (non-hydrogen) atoms. The second-order valence-corrected chi connectivity index (χ2v) is 5.67. The summed E-state index contributed by atoms with van der Waals surface area (Å²) in [6.07, 6.45) is -4.45. The van der Waals surface area contributed by atoms with Crippen molar-refractivity contribution in [2.75, 3.05) is 0 Å². The number of rotatable bonds is 3. The molecule has 0 aliphatic rings. The summed E-state index contributed by atoms with van der Waals surface area (Å²) in [5.41, 5.74) is 4.83. The first-order chi connectivity index (χ1) is 12.1. The first-order valence-corrected chi connectivity index (χ1v) is 7.66. The molecule has 1 aromatic carbocycles. The highest BCUT2D eigenvalue weighted by molar-refractivity contribution is 5.97. The number of amides is 3. The van der Waals surface area contributed by atoms with Crippen LogP contribution in [0.2, 0.25) is 0 Å². The van der Waals surface area contributed by atoms with Crippen LogP contribution in [0.4, 0.5) is 18.0 Å². The van der Waals surface area contributed by atoms with Gasteiger partial charge in [-0.05, 0) is 38.5 Å². The van der Waals surface area contributed by atoms with Crippen molar-refractivity contribution in [2.45, 2.75) is 33.5 Å². The molecule has 1 heterocycles. The zero-order chi connectivity index (χ0) is 19.5. The summed E-state index contributed by atoms with van der Waals surface area (Å²) >= 11 is 0. The molecule has 6 nitrogen and oxygen atoms in total. The predicted octanol–water partition coefficient (Wildman–Crippen LogP) is 3.37. The second-order valence-electron chi connectivity index (χ2n) is 5.67. The number of hydrazine groups is 1. The van der Waals surface area contributed by atoms with Crippen LogP contribution in [-0.2, 0) is 12.7 Å². The van der Waals surface area contributed by atoms with Gasteiger partial charge in [-0.2, -0.15) is 13.2 Å². The molecule has 0 unspecified atom stereocenters. The van der Waals surface area contributed by atoms with Crippen molar-refractivity contribution >= 4 is 11.9 Å². The third-order valence-electron chi connectivity index (χ3n) is 3.79. The van der Waals surface area contributed by atoms with Crippen LogP contribution in [0, 0.1) is 20.8 Å². The lowest BCUT2D eigenvalue weighted by molar-refractivity contribution is -0.137. The zero-order valence-corrected chi connectivity index (χ0v) is 14.4. The number of urea groups is 1. The average Bonchev–Trinajstić information content (AvgIpc) is 2.82.